The van der Waals surface area contributed by atoms with Crippen LogP contribution in [0, 0.1) is 17.8 Å². The zero-order valence-electron chi connectivity index (χ0n) is 25.8. The van der Waals surface area contributed by atoms with E-state index in [0.29, 0.717) is 23.7 Å². The van der Waals surface area contributed by atoms with Crippen LogP contribution in [0.25, 0.3) is 11.1 Å². The van der Waals surface area contributed by atoms with Crippen molar-refractivity contribution >= 4 is 11.1 Å². The van der Waals surface area contributed by atoms with Gasteiger partial charge in [-0.25, -0.2) is 0 Å². The Kier molecular flexibility index (Phi) is 8.98. The molecule has 0 aliphatic heterocycles. The third-order valence-corrected chi connectivity index (χ3v) is 9.68. The Labute approximate surface area is 249 Å². The summed E-state index contributed by atoms with van der Waals surface area (Å²) < 4.78 is 0. The highest BCUT2D eigenvalue weighted by molar-refractivity contribution is 5.75. The van der Waals surface area contributed by atoms with E-state index in [4.69, 9.17) is 6.58 Å². The van der Waals surface area contributed by atoms with Crippen LogP contribution in [0.2, 0.25) is 0 Å². The topological polar surface area (TPSA) is 0 Å². The molecular weight excluding hydrogens is 492 g/mol. The van der Waals surface area contributed by atoms with Crippen LogP contribution in [0.15, 0.2) is 120 Å². The fraction of sp³-hybridized carbons (Fsp3) is 0.366. The van der Waals surface area contributed by atoms with Gasteiger partial charge in [0.05, 0.1) is 0 Å². The van der Waals surface area contributed by atoms with E-state index in [-0.39, 0.29) is 0 Å². The highest BCUT2D eigenvalue weighted by Crippen LogP contribution is 2.57. The number of allylic oxidation sites excluding steroid dienone is 11. The molecular formula is C41H48. The van der Waals surface area contributed by atoms with Crippen molar-refractivity contribution in [1.29, 1.82) is 0 Å². The first-order chi connectivity index (χ1) is 19.9. The number of aryl methyl sites for hydroxylation is 1. The Balaban J connectivity index is 1.40. The molecule has 0 radical (unpaired) electrons. The molecule has 2 aromatic carbocycles. The highest BCUT2D eigenvalue weighted by Gasteiger charge is 2.45. The summed E-state index contributed by atoms with van der Waals surface area (Å²) in [6, 6.07) is 18.1. The van der Waals surface area contributed by atoms with Crippen LogP contribution in [0.4, 0.5) is 0 Å². The van der Waals surface area contributed by atoms with Gasteiger partial charge in [0, 0.05) is 11.8 Å². The van der Waals surface area contributed by atoms with Gasteiger partial charge >= 0.3 is 0 Å². The van der Waals surface area contributed by atoms with Crippen molar-refractivity contribution in [3.05, 3.63) is 143 Å². The Morgan fingerprint density at radius 3 is 2.34 bits per heavy atom. The molecule has 0 aromatic heterocycles. The molecule has 3 aliphatic carbocycles. The van der Waals surface area contributed by atoms with E-state index < -0.39 is 0 Å². The molecule has 0 N–H and O–H groups in total. The van der Waals surface area contributed by atoms with E-state index >= 15 is 0 Å². The Morgan fingerprint density at radius 2 is 1.63 bits per heavy atom. The van der Waals surface area contributed by atoms with Crippen LogP contribution in [-0.2, 0) is 6.42 Å². The van der Waals surface area contributed by atoms with E-state index in [1.54, 1.807) is 5.57 Å². The first-order valence-electron chi connectivity index (χ1n) is 15.9. The maximum Gasteiger partial charge on any atom is 0.0123 e. The first-order valence-corrected chi connectivity index (χ1v) is 15.9. The fourth-order valence-corrected chi connectivity index (χ4v) is 7.70. The van der Waals surface area contributed by atoms with Crippen molar-refractivity contribution in [2.75, 3.05) is 0 Å². The molecule has 2 aromatic rings. The van der Waals surface area contributed by atoms with Gasteiger partial charge in [-0.15, -0.1) is 0 Å². The molecule has 0 heteroatoms. The van der Waals surface area contributed by atoms with Crippen LogP contribution in [0.1, 0.15) is 94.4 Å². The smallest absolute Gasteiger partial charge is 0.0123 e. The number of benzene rings is 2. The molecule has 5 rings (SSSR count). The van der Waals surface area contributed by atoms with Gasteiger partial charge in [-0.1, -0.05) is 144 Å². The minimum Gasteiger partial charge on any atom is -0.0995 e. The summed E-state index contributed by atoms with van der Waals surface area (Å²) >= 11 is 0. The second-order valence-electron chi connectivity index (χ2n) is 12.5. The summed E-state index contributed by atoms with van der Waals surface area (Å²) in [6.45, 7) is 22.9. The highest BCUT2D eigenvalue weighted by atomic mass is 14.5. The minimum absolute atomic E-state index is 0.363. The first kappa shape index (κ1) is 29.1. The van der Waals surface area contributed by atoms with Crippen LogP contribution in [-0.4, -0.2) is 0 Å². The molecule has 0 nitrogen and oxygen atoms in total. The van der Waals surface area contributed by atoms with Gasteiger partial charge in [-0.2, -0.15) is 0 Å². The molecule has 0 bridgehead atoms. The molecule has 1 saturated carbocycles. The van der Waals surface area contributed by atoms with E-state index in [0.717, 1.165) is 44.9 Å². The van der Waals surface area contributed by atoms with Gasteiger partial charge < -0.3 is 0 Å². The second kappa shape index (κ2) is 12.6. The minimum atomic E-state index is 0.363. The van der Waals surface area contributed by atoms with Crippen molar-refractivity contribution < 1.29 is 0 Å². The van der Waals surface area contributed by atoms with Gasteiger partial charge in [0.2, 0.25) is 0 Å². The molecule has 3 aliphatic rings. The molecule has 1 fully saturated rings. The SMILES string of the molecule is C=C(CCC)c1ccc(C2=CC=C(C=C3CC4=CC(C)C(C(=C)CCC)C(c5ccccc5CC)C4C3=C)C2)cc1. The molecule has 41 heavy (non-hydrogen) atoms. The summed E-state index contributed by atoms with van der Waals surface area (Å²) in [7, 11) is 0. The van der Waals surface area contributed by atoms with Gasteiger partial charge in [-0.05, 0) is 94.1 Å². The summed E-state index contributed by atoms with van der Waals surface area (Å²) in [5, 5.41) is 0. The van der Waals surface area contributed by atoms with E-state index in [1.165, 1.54) is 55.7 Å². The van der Waals surface area contributed by atoms with E-state index in [1.807, 2.05) is 0 Å². The molecule has 0 spiro atoms. The van der Waals surface area contributed by atoms with Crippen molar-refractivity contribution in [2.45, 2.75) is 78.6 Å². The number of fused-ring (bicyclic) bond motifs is 1. The monoisotopic (exact) mass is 540 g/mol. The lowest BCUT2D eigenvalue weighted by Gasteiger charge is -2.42. The second-order valence-corrected chi connectivity index (χ2v) is 12.5. The van der Waals surface area contributed by atoms with E-state index in [9.17, 15) is 0 Å². The normalized spacial score (nSPS) is 24.6. The molecule has 0 heterocycles. The van der Waals surface area contributed by atoms with Gasteiger partial charge in [0.15, 0.2) is 0 Å². The number of hydrogen-bond acceptors (Lipinski definition) is 0. The lowest BCUT2D eigenvalue weighted by Crippen LogP contribution is -2.32. The third-order valence-electron chi connectivity index (χ3n) is 9.68. The predicted molar refractivity (Wildman–Crippen MR) is 180 cm³/mol. The van der Waals surface area contributed by atoms with E-state index in [2.05, 4.69) is 114 Å². The largest absolute Gasteiger partial charge is 0.0995 e. The molecule has 0 amide bonds. The summed E-state index contributed by atoms with van der Waals surface area (Å²) in [4.78, 5) is 0. The molecule has 0 saturated heterocycles. The van der Waals surface area contributed by atoms with Crippen molar-refractivity contribution in [3.63, 3.8) is 0 Å². The number of hydrogen-bond donors (Lipinski definition) is 0. The molecule has 4 atom stereocenters. The average molecular weight is 541 g/mol. The Hall–Kier alpha value is -3.38. The maximum absolute atomic E-state index is 4.79. The number of rotatable bonds is 10. The van der Waals surface area contributed by atoms with Crippen LogP contribution in [0.5, 0.6) is 0 Å². The predicted octanol–water partition coefficient (Wildman–Crippen LogP) is 11.6. The van der Waals surface area contributed by atoms with Crippen molar-refractivity contribution in [1.82, 2.24) is 0 Å². The average Bonchev–Trinajstić information content (AvgIpc) is 3.56. The standard InChI is InChI=1S/C41H48/c1-8-13-27(4)33-19-21-34(22-20-33)35-18-17-31(24-35)25-36-26-37-23-29(6)39(28(5)14-9-2)41(40(37)30(36)7)38-16-12-11-15-32(38)10-3/h11-12,15-23,25,29,39-41H,4-5,7-10,13-14,24,26H2,1-3,6H3. The molecule has 212 valence electrons. The van der Waals surface area contributed by atoms with Gasteiger partial charge in [-0.3, -0.25) is 0 Å². The van der Waals surface area contributed by atoms with Crippen LogP contribution < -0.4 is 0 Å². The Bertz CT molecular complexity index is 1450. The van der Waals surface area contributed by atoms with Crippen LogP contribution in [0.3, 0.4) is 0 Å². The van der Waals surface area contributed by atoms with Gasteiger partial charge in [0.25, 0.3) is 0 Å². The fourth-order valence-electron chi connectivity index (χ4n) is 7.70. The van der Waals surface area contributed by atoms with Crippen LogP contribution >= 0.6 is 0 Å². The van der Waals surface area contributed by atoms with Crippen molar-refractivity contribution in [2.24, 2.45) is 17.8 Å². The third kappa shape index (κ3) is 5.85. The summed E-state index contributed by atoms with van der Waals surface area (Å²) in [5.74, 6) is 1.70. The lowest BCUT2D eigenvalue weighted by atomic mass is 9.61. The summed E-state index contributed by atoms with van der Waals surface area (Å²) in [6.07, 6.45) is 17.1. The lowest BCUT2D eigenvalue weighted by molar-refractivity contribution is 0.321. The zero-order valence-corrected chi connectivity index (χ0v) is 25.8. The van der Waals surface area contributed by atoms with Crippen molar-refractivity contribution in [3.8, 4) is 0 Å². The summed E-state index contributed by atoms with van der Waals surface area (Å²) in [5.41, 5.74) is 15.3. The maximum atomic E-state index is 4.79. The van der Waals surface area contributed by atoms with Gasteiger partial charge in [0.1, 0.15) is 0 Å². The quantitative estimate of drug-likeness (QED) is 0.263. The molecule has 4 unspecified atom stereocenters. The zero-order chi connectivity index (χ0) is 29.1. The Morgan fingerprint density at radius 1 is 0.902 bits per heavy atom.